The first-order valence-corrected chi connectivity index (χ1v) is 13.7. The summed E-state index contributed by atoms with van der Waals surface area (Å²) in [7, 11) is -6.34. The Bertz CT molecular complexity index is 1310. The molecule has 3 aromatic rings. The van der Waals surface area contributed by atoms with E-state index in [2.05, 4.69) is 10.3 Å². The van der Waals surface area contributed by atoms with Crippen LogP contribution >= 0.6 is 11.3 Å². The highest BCUT2D eigenvalue weighted by Crippen LogP contribution is 2.36. The van der Waals surface area contributed by atoms with Crippen molar-refractivity contribution in [3.63, 3.8) is 0 Å². The van der Waals surface area contributed by atoms with Crippen LogP contribution in [0.3, 0.4) is 0 Å². The lowest BCUT2D eigenvalue weighted by atomic mass is 10.2. The van der Waals surface area contributed by atoms with Crippen LogP contribution in [0.2, 0.25) is 0 Å². The second kappa shape index (κ2) is 9.47. The molecule has 0 unspecified atom stereocenters. The predicted octanol–water partition coefficient (Wildman–Crippen LogP) is 3.79. The van der Waals surface area contributed by atoms with Gasteiger partial charge in [-0.25, -0.2) is 21.8 Å². The van der Waals surface area contributed by atoms with E-state index in [-0.39, 0.29) is 43.1 Å². The van der Waals surface area contributed by atoms with Crippen molar-refractivity contribution in [2.75, 3.05) is 18.2 Å². The lowest BCUT2D eigenvalue weighted by Gasteiger charge is -2.09. The van der Waals surface area contributed by atoms with E-state index in [4.69, 9.17) is 4.74 Å². The number of aromatic nitrogens is 1. The molecule has 0 aliphatic heterocycles. The minimum Gasteiger partial charge on any atom is -0.504 e. The fourth-order valence-electron chi connectivity index (χ4n) is 2.91. The average Bonchev–Trinajstić information content (AvgIpc) is 3.20. The number of ether oxygens (including phenoxy) is 1. The van der Waals surface area contributed by atoms with Crippen molar-refractivity contribution in [1.29, 1.82) is 0 Å². The molecule has 172 valence electrons. The van der Waals surface area contributed by atoms with Crippen LogP contribution in [0.4, 0.5) is 5.00 Å². The molecule has 0 spiro atoms. The van der Waals surface area contributed by atoms with E-state index in [0.29, 0.717) is 12.0 Å². The van der Waals surface area contributed by atoms with Gasteiger partial charge < -0.3 is 15.2 Å². The minimum atomic E-state index is -4.06. The summed E-state index contributed by atoms with van der Waals surface area (Å²) in [6.07, 6.45) is 0.387. The Balaban J connectivity index is 2.04. The number of hydrogen-bond acceptors (Lipinski definition) is 9. The maximum atomic E-state index is 13.3. The third-order valence-electron chi connectivity index (χ3n) is 4.60. The van der Waals surface area contributed by atoms with Gasteiger partial charge in [0, 0.05) is 6.54 Å². The van der Waals surface area contributed by atoms with Gasteiger partial charge in [0.25, 0.3) is 0 Å². The molecule has 1 heterocycles. The number of benzene rings is 2. The lowest BCUT2D eigenvalue weighted by Crippen LogP contribution is -2.09. The number of thiazole rings is 1. The fourth-order valence-corrected chi connectivity index (χ4v) is 7.27. The van der Waals surface area contributed by atoms with Gasteiger partial charge in [-0.2, -0.15) is 0 Å². The van der Waals surface area contributed by atoms with Crippen LogP contribution in [0.5, 0.6) is 11.5 Å². The Kier molecular flexibility index (Phi) is 7.11. The van der Waals surface area contributed by atoms with E-state index in [1.807, 2.05) is 6.92 Å². The van der Waals surface area contributed by atoms with Crippen LogP contribution in [0, 0.1) is 6.92 Å². The molecule has 0 bridgehead atoms. The number of phenols is 1. The van der Waals surface area contributed by atoms with Gasteiger partial charge >= 0.3 is 0 Å². The first-order chi connectivity index (χ1) is 15.1. The molecule has 0 amide bonds. The predicted molar refractivity (Wildman–Crippen MR) is 123 cm³/mol. The highest BCUT2D eigenvalue weighted by molar-refractivity contribution is 7.94. The number of nitrogens with one attached hydrogen (secondary N) is 1. The number of sulfone groups is 2. The highest BCUT2D eigenvalue weighted by atomic mass is 32.2. The van der Waals surface area contributed by atoms with Gasteiger partial charge in [-0.15, -0.1) is 0 Å². The lowest BCUT2D eigenvalue weighted by molar-refractivity contribution is 0.373. The summed E-state index contributed by atoms with van der Waals surface area (Å²) >= 11 is 0.793. The van der Waals surface area contributed by atoms with Crippen LogP contribution in [-0.2, 0) is 26.2 Å². The molecule has 1 aromatic heterocycles. The molecule has 0 radical (unpaired) electrons. The third-order valence-corrected chi connectivity index (χ3v) is 9.81. The molecular weight excluding hydrogens is 472 g/mol. The largest absolute Gasteiger partial charge is 0.504 e. The highest BCUT2D eigenvalue weighted by Gasteiger charge is 2.30. The van der Waals surface area contributed by atoms with E-state index >= 15 is 0 Å². The number of nitrogens with zero attached hydrogens (tertiary/aromatic N) is 1. The number of anilines is 1. The number of rotatable bonds is 9. The maximum Gasteiger partial charge on any atom is 0.226 e. The summed E-state index contributed by atoms with van der Waals surface area (Å²) < 4.78 is 56.6. The zero-order valence-corrected chi connectivity index (χ0v) is 20.3. The minimum absolute atomic E-state index is 0.0235. The van der Waals surface area contributed by atoms with E-state index in [1.54, 1.807) is 31.2 Å². The van der Waals surface area contributed by atoms with Gasteiger partial charge in [-0.3, -0.25) is 0 Å². The van der Waals surface area contributed by atoms with E-state index in [0.717, 1.165) is 16.9 Å². The molecule has 32 heavy (non-hydrogen) atoms. The second-order valence-corrected chi connectivity index (χ2v) is 12.3. The molecule has 3 rings (SSSR count). The van der Waals surface area contributed by atoms with Crippen molar-refractivity contribution in [3.05, 3.63) is 53.6 Å². The van der Waals surface area contributed by atoms with Gasteiger partial charge in [-0.1, -0.05) is 42.0 Å². The Morgan fingerprint density at radius 1 is 1.09 bits per heavy atom. The Morgan fingerprint density at radius 2 is 1.78 bits per heavy atom. The van der Waals surface area contributed by atoms with Gasteiger partial charge in [0.2, 0.25) is 24.0 Å². The van der Waals surface area contributed by atoms with Gasteiger partial charge in [0.1, 0.15) is 5.00 Å². The molecule has 0 saturated carbocycles. The molecule has 0 fully saturated rings. The van der Waals surface area contributed by atoms with Crippen LogP contribution in [0.1, 0.15) is 24.5 Å². The smallest absolute Gasteiger partial charge is 0.226 e. The summed E-state index contributed by atoms with van der Waals surface area (Å²) in [5.74, 6) is 0.121. The van der Waals surface area contributed by atoms with E-state index in [9.17, 15) is 21.9 Å². The fraction of sp³-hybridized carbons (Fsp3) is 0.286. The molecule has 0 aliphatic rings. The summed E-state index contributed by atoms with van der Waals surface area (Å²) in [4.78, 5) is 4.08. The summed E-state index contributed by atoms with van der Waals surface area (Å²) in [6.45, 7) is 3.74. The molecule has 11 heteroatoms. The van der Waals surface area contributed by atoms with Crippen molar-refractivity contribution in [3.8, 4) is 11.5 Å². The van der Waals surface area contributed by atoms with E-state index < -0.39 is 19.7 Å². The molecule has 8 nitrogen and oxygen atoms in total. The van der Waals surface area contributed by atoms with Crippen molar-refractivity contribution in [2.45, 2.75) is 41.1 Å². The summed E-state index contributed by atoms with van der Waals surface area (Å²) in [5, 5.41) is 12.6. The normalized spacial score (nSPS) is 12.0. The topological polar surface area (TPSA) is 123 Å². The van der Waals surface area contributed by atoms with E-state index in [1.165, 1.54) is 25.3 Å². The molecule has 0 saturated heterocycles. The van der Waals surface area contributed by atoms with Gasteiger partial charge in [0.15, 0.2) is 16.5 Å². The molecule has 2 N–H and O–H groups in total. The number of methoxy groups -OCH3 is 1. The third kappa shape index (κ3) is 5.05. The molecule has 0 atom stereocenters. The summed E-state index contributed by atoms with van der Waals surface area (Å²) in [5.41, 5.74) is 1.60. The van der Waals surface area contributed by atoms with Crippen LogP contribution < -0.4 is 10.1 Å². The quantitative estimate of drug-likeness (QED) is 0.459. The van der Waals surface area contributed by atoms with Crippen molar-refractivity contribution < 1.29 is 26.7 Å². The van der Waals surface area contributed by atoms with Crippen LogP contribution in [0.25, 0.3) is 0 Å². The number of phenolic OH excluding ortho intramolecular Hbond substituents is 1. The molecular formula is C21H24N2O6S3. The first kappa shape index (κ1) is 24.0. The Morgan fingerprint density at radius 3 is 2.41 bits per heavy atom. The second-order valence-electron chi connectivity index (χ2n) is 7.11. The van der Waals surface area contributed by atoms with Crippen molar-refractivity contribution in [1.82, 2.24) is 4.98 Å². The molecule has 2 aromatic carbocycles. The monoisotopic (exact) mass is 496 g/mol. The van der Waals surface area contributed by atoms with Gasteiger partial charge in [0.05, 0.1) is 17.8 Å². The Hall–Kier alpha value is -2.63. The number of aryl methyl sites for hydroxylation is 1. The Labute approximate surface area is 191 Å². The first-order valence-electron chi connectivity index (χ1n) is 9.73. The zero-order chi connectivity index (χ0) is 23.5. The standard InChI is InChI=1S/C21H24N2O6S3/c1-4-11-31(25,26)21-23-20(32(27,28)16-8-5-14(2)6-9-16)19(30-21)22-13-15-7-10-17(24)18(12-15)29-3/h5-10,12,22,24H,4,11,13H2,1-3H3. The van der Waals surface area contributed by atoms with Crippen molar-refractivity contribution in [2.24, 2.45) is 0 Å². The van der Waals surface area contributed by atoms with Gasteiger partial charge in [-0.05, 0) is 43.2 Å². The SMILES string of the molecule is CCCS(=O)(=O)c1nc(S(=O)(=O)c2ccc(C)cc2)c(NCc2ccc(O)c(OC)c2)s1. The number of hydrogen-bond donors (Lipinski definition) is 2. The van der Waals surface area contributed by atoms with Crippen LogP contribution in [-0.4, -0.2) is 39.8 Å². The number of aromatic hydroxyl groups is 1. The zero-order valence-electron chi connectivity index (χ0n) is 17.8. The summed E-state index contributed by atoms with van der Waals surface area (Å²) in [6, 6.07) is 11.0. The molecule has 0 aliphatic carbocycles. The van der Waals surface area contributed by atoms with Crippen LogP contribution in [0.15, 0.2) is 56.7 Å². The average molecular weight is 497 g/mol. The van der Waals surface area contributed by atoms with Crippen molar-refractivity contribution >= 4 is 36.0 Å². The maximum absolute atomic E-state index is 13.3.